The normalized spacial score (nSPS) is 15.6. The molecular formula is C27H28N2O5S. The fourth-order valence-corrected chi connectivity index (χ4v) is 4.99. The number of carbonyl (C=O) groups excluding carboxylic acids is 1. The number of rotatable bonds is 7. The number of nitrogens with zero attached hydrogens (tertiary/aromatic N) is 2. The van der Waals surface area contributed by atoms with Crippen molar-refractivity contribution in [1.29, 1.82) is 0 Å². The summed E-state index contributed by atoms with van der Waals surface area (Å²) in [6.45, 7) is 7.88. The Hall–Kier alpha value is -3.65. The summed E-state index contributed by atoms with van der Waals surface area (Å²) in [5.74, 6) is 0.973. The van der Waals surface area contributed by atoms with Gasteiger partial charge in [-0.15, -0.1) is 0 Å². The maximum absolute atomic E-state index is 13.6. The highest BCUT2D eigenvalue weighted by Crippen LogP contribution is 2.31. The second kappa shape index (κ2) is 10.3. The standard InChI is InChI=1S/C27H28N2O5S/c1-6-33-21-11-7-18(8-12-21)15-22-25(30)29-24(19-9-13-20(32-5)14-10-19)23(26(31)34-16(2)3)17(4)28-27(29)35-22/h7-16,24H,6H2,1-5H3/b22-15-/t24-/m0/s1. The molecule has 0 unspecified atom stereocenters. The van der Waals surface area contributed by atoms with Crippen LogP contribution in [0.15, 0.2) is 69.6 Å². The third-order valence-corrected chi connectivity index (χ3v) is 6.49. The number of methoxy groups -OCH3 is 1. The van der Waals surface area contributed by atoms with Crippen LogP contribution in [-0.4, -0.2) is 30.4 Å². The van der Waals surface area contributed by atoms with Crippen molar-refractivity contribution in [2.75, 3.05) is 13.7 Å². The van der Waals surface area contributed by atoms with Gasteiger partial charge in [0.1, 0.15) is 11.5 Å². The van der Waals surface area contributed by atoms with E-state index in [1.165, 1.54) is 11.3 Å². The molecule has 0 radical (unpaired) electrons. The van der Waals surface area contributed by atoms with Crippen molar-refractivity contribution in [3.63, 3.8) is 0 Å². The Morgan fingerprint density at radius 1 is 1.11 bits per heavy atom. The molecule has 1 aliphatic rings. The van der Waals surface area contributed by atoms with Gasteiger partial charge in [-0.1, -0.05) is 35.6 Å². The molecular weight excluding hydrogens is 464 g/mol. The minimum atomic E-state index is -0.661. The van der Waals surface area contributed by atoms with Crippen LogP contribution >= 0.6 is 11.3 Å². The number of allylic oxidation sites excluding steroid dienone is 1. The Balaban J connectivity index is 1.87. The van der Waals surface area contributed by atoms with Crippen LogP contribution in [0.4, 0.5) is 0 Å². The van der Waals surface area contributed by atoms with E-state index in [9.17, 15) is 9.59 Å². The van der Waals surface area contributed by atoms with Crippen LogP contribution in [0.2, 0.25) is 0 Å². The number of esters is 1. The minimum Gasteiger partial charge on any atom is -0.497 e. The topological polar surface area (TPSA) is 79.1 Å². The van der Waals surface area contributed by atoms with E-state index in [0.29, 0.717) is 33.0 Å². The average Bonchev–Trinajstić information content (AvgIpc) is 3.13. The third kappa shape index (κ3) is 5.07. The smallest absolute Gasteiger partial charge is 0.338 e. The highest BCUT2D eigenvalue weighted by atomic mass is 32.1. The summed E-state index contributed by atoms with van der Waals surface area (Å²) in [5.41, 5.74) is 2.31. The number of thiazole rings is 1. The van der Waals surface area contributed by atoms with E-state index in [1.54, 1.807) is 32.4 Å². The fourth-order valence-electron chi connectivity index (χ4n) is 3.94. The molecule has 0 N–H and O–H groups in total. The third-order valence-electron chi connectivity index (χ3n) is 5.50. The van der Waals surface area contributed by atoms with E-state index in [-0.39, 0.29) is 11.7 Å². The van der Waals surface area contributed by atoms with Crippen molar-refractivity contribution in [1.82, 2.24) is 4.57 Å². The number of carbonyl (C=O) groups is 1. The quantitative estimate of drug-likeness (QED) is 0.471. The first-order valence-corrected chi connectivity index (χ1v) is 12.2. The second-order valence-corrected chi connectivity index (χ2v) is 9.32. The number of hydrogen-bond acceptors (Lipinski definition) is 7. The summed E-state index contributed by atoms with van der Waals surface area (Å²) < 4.78 is 18.4. The van der Waals surface area contributed by atoms with Crippen molar-refractivity contribution in [3.8, 4) is 11.5 Å². The van der Waals surface area contributed by atoms with Gasteiger partial charge < -0.3 is 14.2 Å². The minimum absolute atomic E-state index is 0.217. The molecule has 0 aliphatic carbocycles. The molecule has 8 heteroatoms. The van der Waals surface area contributed by atoms with E-state index >= 15 is 0 Å². The van der Waals surface area contributed by atoms with Gasteiger partial charge in [0.25, 0.3) is 5.56 Å². The average molecular weight is 493 g/mol. The zero-order valence-corrected chi connectivity index (χ0v) is 21.2. The lowest BCUT2D eigenvalue weighted by Crippen LogP contribution is -2.40. The second-order valence-electron chi connectivity index (χ2n) is 8.31. The summed E-state index contributed by atoms with van der Waals surface area (Å²) in [4.78, 5) is 31.9. The molecule has 1 aromatic heterocycles. The number of fused-ring (bicyclic) bond motifs is 1. The van der Waals surface area contributed by atoms with Gasteiger partial charge in [-0.25, -0.2) is 9.79 Å². The first-order chi connectivity index (χ1) is 16.8. The molecule has 1 aliphatic heterocycles. The predicted molar refractivity (Wildman–Crippen MR) is 136 cm³/mol. The van der Waals surface area contributed by atoms with Gasteiger partial charge in [-0.3, -0.25) is 9.36 Å². The maximum atomic E-state index is 13.6. The van der Waals surface area contributed by atoms with Crippen LogP contribution in [0.1, 0.15) is 44.9 Å². The Kier molecular flexibility index (Phi) is 7.21. The Labute approximate surface area is 207 Å². The lowest BCUT2D eigenvalue weighted by molar-refractivity contribution is -0.143. The largest absolute Gasteiger partial charge is 0.497 e. The molecule has 182 valence electrons. The summed E-state index contributed by atoms with van der Waals surface area (Å²) in [6.07, 6.45) is 1.53. The molecule has 0 saturated heterocycles. The van der Waals surface area contributed by atoms with Gasteiger partial charge in [0.05, 0.1) is 41.7 Å². The van der Waals surface area contributed by atoms with E-state index in [4.69, 9.17) is 14.2 Å². The van der Waals surface area contributed by atoms with Gasteiger partial charge in [0.2, 0.25) is 0 Å². The van der Waals surface area contributed by atoms with Crippen molar-refractivity contribution >= 4 is 23.4 Å². The first kappa shape index (κ1) is 24.5. The van der Waals surface area contributed by atoms with Crippen molar-refractivity contribution < 1.29 is 19.0 Å². The summed E-state index contributed by atoms with van der Waals surface area (Å²) in [5, 5.41) is 0. The van der Waals surface area contributed by atoms with Gasteiger partial charge in [-0.05, 0) is 69.2 Å². The monoisotopic (exact) mass is 492 g/mol. The molecule has 3 aromatic rings. The van der Waals surface area contributed by atoms with Crippen LogP contribution in [0.25, 0.3) is 6.08 Å². The molecule has 7 nitrogen and oxygen atoms in total. The summed E-state index contributed by atoms with van der Waals surface area (Å²) >= 11 is 1.29. The number of ether oxygens (including phenoxy) is 3. The first-order valence-electron chi connectivity index (χ1n) is 11.4. The van der Waals surface area contributed by atoms with Gasteiger partial charge >= 0.3 is 5.97 Å². The van der Waals surface area contributed by atoms with Crippen molar-refractivity contribution in [3.05, 3.63) is 90.6 Å². The lowest BCUT2D eigenvalue weighted by atomic mass is 9.96. The SMILES string of the molecule is CCOc1ccc(/C=c2\sc3n(c2=O)[C@@H](c2ccc(OC)cc2)C(C(=O)OC(C)C)=C(C)N=3)cc1. The van der Waals surface area contributed by atoms with Gasteiger partial charge in [0, 0.05) is 0 Å². The van der Waals surface area contributed by atoms with Crippen LogP contribution in [0.5, 0.6) is 11.5 Å². The van der Waals surface area contributed by atoms with Gasteiger partial charge in [-0.2, -0.15) is 0 Å². The van der Waals surface area contributed by atoms with E-state index in [2.05, 4.69) is 4.99 Å². The Morgan fingerprint density at radius 3 is 2.37 bits per heavy atom. The molecule has 2 aromatic carbocycles. The molecule has 0 saturated carbocycles. The van der Waals surface area contributed by atoms with Crippen molar-refractivity contribution in [2.45, 2.75) is 39.8 Å². The molecule has 4 rings (SSSR count). The molecule has 0 amide bonds. The molecule has 1 atom stereocenters. The van der Waals surface area contributed by atoms with Crippen LogP contribution in [0, 0.1) is 0 Å². The number of hydrogen-bond donors (Lipinski definition) is 0. The number of benzene rings is 2. The summed E-state index contributed by atoms with van der Waals surface area (Å²) in [6, 6.07) is 14.2. The highest BCUT2D eigenvalue weighted by molar-refractivity contribution is 7.07. The van der Waals surface area contributed by atoms with Crippen molar-refractivity contribution in [2.24, 2.45) is 4.99 Å². The van der Waals surface area contributed by atoms with Crippen LogP contribution < -0.4 is 24.4 Å². The molecule has 0 fully saturated rings. The zero-order valence-electron chi connectivity index (χ0n) is 20.4. The molecule has 35 heavy (non-hydrogen) atoms. The number of aromatic nitrogens is 1. The predicted octanol–water partition coefficient (Wildman–Crippen LogP) is 3.59. The Morgan fingerprint density at radius 2 is 1.77 bits per heavy atom. The Bertz CT molecular complexity index is 1430. The van der Waals surface area contributed by atoms with Crippen LogP contribution in [0.3, 0.4) is 0 Å². The van der Waals surface area contributed by atoms with Gasteiger partial charge in [0.15, 0.2) is 4.80 Å². The molecule has 0 spiro atoms. The van der Waals surface area contributed by atoms with E-state index in [0.717, 1.165) is 16.9 Å². The maximum Gasteiger partial charge on any atom is 0.338 e. The molecule has 0 bridgehead atoms. The van der Waals surface area contributed by atoms with Crippen LogP contribution in [-0.2, 0) is 9.53 Å². The zero-order chi connectivity index (χ0) is 25.1. The van der Waals surface area contributed by atoms with E-state index in [1.807, 2.05) is 61.5 Å². The lowest BCUT2D eigenvalue weighted by Gasteiger charge is -2.25. The summed E-state index contributed by atoms with van der Waals surface area (Å²) in [7, 11) is 1.59. The molecule has 2 heterocycles. The highest BCUT2D eigenvalue weighted by Gasteiger charge is 2.33. The van der Waals surface area contributed by atoms with E-state index < -0.39 is 12.0 Å². The fraction of sp³-hybridized carbons (Fsp3) is 0.296.